The Hall–Kier alpha value is -3.80. The number of benzene rings is 4. The van der Waals surface area contributed by atoms with Gasteiger partial charge in [-0.25, -0.2) is 0 Å². The number of rotatable bonds is 8. The van der Waals surface area contributed by atoms with E-state index in [-0.39, 0.29) is 6.04 Å². The van der Waals surface area contributed by atoms with Crippen LogP contribution in [0.5, 0.6) is 0 Å². The second-order valence-corrected chi connectivity index (χ2v) is 9.46. The minimum absolute atomic E-state index is 0.211. The molecule has 0 bridgehead atoms. The highest BCUT2D eigenvalue weighted by Crippen LogP contribution is 2.33. The minimum atomic E-state index is -0.211. The van der Waals surface area contributed by atoms with Crippen molar-refractivity contribution in [2.24, 2.45) is 0 Å². The monoisotopic (exact) mass is 493 g/mol. The molecule has 0 saturated carbocycles. The van der Waals surface area contributed by atoms with Crippen LogP contribution in [0.25, 0.3) is 5.69 Å². The number of hydrogen-bond donors (Lipinski definition) is 0. The zero-order valence-corrected chi connectivity index (χ0v) is 21.2. The maximum absolute atomic E-state index is 6.29. The fourth-order valence-corrected chi connectivity index (χ4v) is 4.83. The van der Waals surface area contributed by atoms with Gasteiger partial charge in [0.25, 0.3) is 0 Å². The van der Waals surface area contributed by atoms with Gasteiger partial charge in [-0.1, -0.05) is 103 Å². The first-order chi connectivity index (χ1) is 17.6. The number of para-hydroxylation sites is 1. The van der Waals surface area contributed by atoms with Crippen LogP contribution in [0.3, 0.4) is 0 Å². The van der Waals surface area contributed by atoms with Crippen molar-refractivity contribution in [3.05, 3.63) is 142 Å². The standard InChI is InChI=1S/C30H28ClN5/c1-22-10-9-11-23(2)28(22)36-30(32-33-34-36)29(26-16-18-27(31)19-17-26)35(20-24-12-5-3-6-13-24)21-25-14-7-4-8-15-25/h3-19,29H,20-21H2,1-2H3/t29-/m0/s1. The van der Waals surface area contributed by atoms with Crippen molar-refractivity contribution in [2.45, 2.75) is 33.0 Å². The minimum Gasteiger partial charge on any atom is -0.281 e. The lowest BCUT2D eigenvalue weighted by Gasteiger charge is -2.32. The normalized spacial score (nSPS) is 12.1. The molecule has 5 rings (SSSR count). The molecule has 0 spiro atoms. The molecule has 4 aromatic carbocycles. The van der Waals surface area contributed by atoms with Gasteiger partial charge in [-0.05, 0) is 64.2 Å². The van der Waals surface area contributed by atoms with Crippen molar-refractivity contribution in [3.8, 4) is 5.69 Å². The maximum atomic E-state index is 6.29. The van der Waals surface area contributed by atoms with Crippen molar-refractivity contribution in [2.75, 3.05) is 0 Å². The summed E-state index contributed by atoms with van der Waals surface area (Å²) < 4.78 is 1.90. The van der Waals surface area contributed by atoms with E-state index < -0.39 is 0 Å². The van der Waals surface area contributed by atoms with E-state index in [0.717, 1.165) is 41.3 Å². The Morgan fingerprint density at radius 3 is 1.83 bits per heavy atom. The van der Waals surface area contributed by atoms with E-state index in [4.69, 9.17) is 11.6 Å². The number of hydrogen-bond acceptors (Lipinski definition) is 4. The summed E-state index contributed by atoms with van der Waals surface area (Å²) in [5.74, 6) is 0.765. The summed E-state index contributed by atoms with van der Waals surface area (Å²) in [4.78, 5) is 2.42. The molecule has 0 fully saturated rings. The lowest BCUT2D eigenvalue weighted by atomic mass is 10.0. The maximum Gasteiger partial charge on any atom is 0.178 e. The molecule has 6 heteroatoms. The van der Waals surface area contributed by atoms with E-state index in [0.29, 0.717) is 5.02 Å². The molecule has 5 nitrogen and oxygen atoms in total. The Morgan fingerprint density at radius 1 is 0.722 bits per heavy atom. The third-order valence-corrected chi connectivity index (χ3v) is 6.65. The van der Waals surface area contributed by atoms with Crippen LogP contribution in [0.15, 0.2) is 103 Å². The highest BCUT2D eigenvalue weighted by Gasteiger charge is 2.29. The van der Waals surface area contributed by atoms with Gasteiger partial charge in [0.05, 0.1) is 11.7 Å². The number of aryl methyl sites for hydroxylation is 2. The van der Waals surface area contributed by atoms with Gasteiger partial charge in [0.15, 0.2) is 5.82 Å². The van der Waals surface area contributed by atoms with E-state index in [1.807, 2.05) is 28.9 Å². The summed E-state index contributed by atoms with van der Waals surface area (Å²) >= 11 is 6.29. The quantitative estimate of drug-likeness (QED) is 0.240. The van der Waals surface area contributed by atoms with Gasteiger partial charge in [0.1, 0.15) is 0 Å². The third kappa shape index (κ3) is 5.23. The third-order valence-electron chi connectivity index (χ3n) is 6.40. The molecule has 0 N–H and O–H groups in total. The molecule has 0 aliphatic heterocycles. The average molecular weight is 494 g/mol. The predicted molar refractivity (Wildman–Crippen MR) is 144 cm³/mol. The Kier molecular flexibility index (Phi) is 7.21. The molecule has 0 amide bonds. The second-order valence-electron chi connectivity index (χ2n) is 9.02. The number of halogens is 1. The Labute approximate surface area is 217 Å². The molecular formula is C30H28ClN5. The predicted octanol–water partition coefficient (Wildman–Crippen LogP) is 6.72. The van der Waals surface area contributed by atoms with Crippen LogP contribution < -0.4 is 0 Å². The molecule has 0 radical (unpaired) electrons. The SMILES string of the molecule is Cc1cccc(C)c1-n1nnnc1[C@H](c1ccc(Cl)cc1)N(Cc1ccccc1)Cc1ccccc1. The van der Waals surface area contributed by atoms with Crippen LogP contribution in [-0.2, 0) is 13.1 Å². The van der Waals surface area contributed by atoms with Gasteiger partial charge in [-0.2, -0.15) is 4.68 Å². The van der Waals surface area contributed by atoms with Gasteiger partial charge in [-0.3, -0.25) is 4.90 Å². The van der Waals surface area contributed by atoms with Crippen LogP contribution in [0.4, 0.5) is 0 Å². The summed E-state index contributed by atoms with van der Waals surface area (Å²) in [5, 5.41) is 13.9. The summed E-state index contributed by atoms with van der Waals surface area (Å²) in [5.41, 5.74) is 6.77. The molecule has 5 aromatic rings. The first-order valence-corrected chi connectivity index (χ1v) is 12.4. The Balaban J connectivity index is 1.67. The van der Waals surface area contributed by atoms with Crippen LogP contribution in [0.1, 0.15) is 39.7 Å². The first kappa shape index (κ1) is 23.9. The number of aromatic nitrogens is 4. The molecule has 0 saturated heterocycles. The van der Waals surface area contributed by atoms with E-state index in [1.165, 1.54) is 11.1 Å². The largest absolute Gasteiger partial charge is 0.281 e. The van der Waals surface area contributed by atoms with Crippen molar-refractivity contribution >= 4 is 11.6 Å². The van der Waals surface area contributed by atoms with Crippen molar-refractivity contribution in [1.82, 2.24) is 25.1 Å². The lowest BCUT2D eigenvalue weighted by Crippen LogP contribution is -2.31. The van der Waals surface area contributed by atoms with E-state index in [2.05, 4.69) is 113 Å². The molecule has 1 atom stereocenters. The topological polar surface area (TPSA) is 46.8 Å². The zero-order valence-electron chi connectivity index (χ0n) is 20.4. The Morgan fingerprint density at radius 2 is 1.28 bits per heavy atom. The van der Waals surface area contributed by atoms with E-state index in [1.54, 1.807) is 0 Å². The van der Waals surface area contributed by atoms with Crippen LogP contribution >= 0.6 is 11.6 Å². The van der Waals surface area contributed by atoms with Gasteiger partial charge < -0.3 is 0 Å². The van der Waals surface area contributed by atoms with E-state index in [9.17, 15) is 0 Å². The second kappa shape index (κ2) is 10.9. The molecule has 0 aliphatic rings. The Bertz CT molecular complexity index is 1350. The van der Waals surface area contributed by atoms with Crippen LogP contribution in [-0.4, -0.2) is 25.1 Å². The summed E-state index contributed by atoms with van der Waals surface area (Å²) in [6, 6.07) is 35.1. The fourth-order valence-electron chi connectivity index (χ4n) is 4.71. The summed E-state index contributed by atoms with van der Waals surface area (Å²) in [6.45, 7) is 5.64. The molecular weight excluding hydrogens is 466 g/mol. The fraction of sp³-hybridized carbons (Fsp3) is 0.167. The molecule has 36 heavy (non-hydrogen) atoms. The van der Waals surface area contributed by atoms with E-state index >= 15 is 0 Å². The lowest BCUT2D eigenvalue weighted by molar-refractivity contribution is 0.197. The van der Waals surface area contributed by atoms with Gasteiger partial charge in [0, 0.05) is 18.1 Å². The van der Waals surface area contributed by atoms with Crippen molar-refractivity contribution in [3.63, 3.8) is 0 Å². The molecule has 180 valence electrons. The highest BCUT2D eigenvalue weighted by molar-refractivity contribution is 6.30. The number of nitrogens with zero attached hydrogens (tertiary/aromatic N) is 5. The van der Waals surface area contributed by atoms with Crippen molar-refractivity contribution < 1.29 is 0 Å². The smallest absolute Gasteiger partial charge is 0.178 e. The summed E-state index contributed by atoms with van der Waals surface area (Å²) in [6.07, 6.45) is 0. The molecule has 0 aliphatic carbocycles. The van der Waals surface area contributed by atoms with Gasteiger partial charge in [0.2, 0.25) is 0 Å². The number of tetrazole rings is 1. The summed E-state index contributed by atoms with van der Waals surface area (Å²) in [7, 11) is 0. The molecule has 1 heterocycles. The first-order valence-electron chi connectivity index (χ1n) is 12.0. The highest BCUT2D eigenvalue weighted by atomic mass is 35.5. The van der Waals surface area contributed by atoms with Crippen molar-refractivity contribution in [1.29, 1.82) is 0 Å². The zero-order chi connectivity index (χ0) is 24.9. The van der Waals surface area contributed by atoms with Crippen LogP contribution in [0, 0.1) is 13.8 Å². The van der Waals surface area contributed by atoms with Crippen LogP contribution in [0.2, 0.25) is 5.02 Å². The van der Waals surface area contributed by atoms with Gasteiger partial charge in [-0.15, -0.1) is 5.10 Å². The molecule has 1 aromatic heterocycles. The average Bonchev–Trinajstić information content (AvgIpc) is 3.35. The molecule has 0 unspecified atom stereocenters. The van der Waals surface area contributed by atoms with Gasteiger partial charge >= 0.3 is 0 Å².